The third kappa shape index (κ3) is 1.71. The second kappa shape index (κ2) is 4.28. The summed E-state index contributed by atoms with van der Waals surface area (Å²) in [6.45, 7) is 1.58. The van der Waals surface area contributed by atoms with Gasteiger partial charge in [0.25, 0.3) is 0 Å². The van der Waals surface area contributed by atoms with E-state index in [-0.39, 0.29) is 11.6 Å². The molecule has 1 aromatic carbocycles. The number of carbonyl (C=O) groups excluding carboxylic acids is 1. The Morgan fingerprint density at radius 3 is 2.56 bits per heavy atom. The van der Waals surface area contributed by atoms with Crippen molar-refractivity contribution in [2.24, 2.45) is 0 Å². The number of ketones is 1. The Morgan fingerprint density at radius 2 is 2.00 bits per heavy atom. The molecule has 0 aromatic heterocycles. The second-order valence-corrected chi connectivity index (χ2v) is 5.30. The maximum absolute atomic E-state index is 14.1. The first-order chi connectivity index (χ1) is 7.58. The lowest BCUT2D eigenvalue weighted by Gasteiger charge is -2.27. The van der Waals surface area contributed by atoms with E-state index in [1.54, 1.807) is 25.1 Å². The van der Waals surface area contributed by atoms with Crippen molar-refractivity contribution in [2.45, 2.75) is 38.0 Å². The molecule has 1 nitrogen and oxygen atoms in total. The average Bonchev–Trinajstić information content (AvgIpc) is 2.72. The molecule has 0 aliphatic heterocycles. The fourth-order valence-electron chi connectivity index (χ4n) is 2.66. The highest BCUT2D eigenvalue weighted by Gasteiger charge is 2.42. The summed E-state index contributed by atoms with van der Waals surface area (Å²) in [4.78, 5) is 11.8. The molecule has 3 heteroatoms. The Labute approximate surface area is 103 Å². The number of benzene rings is 1. The van der Waals surface area contributed by atoms with Crippen LogP contribution in [0.4, 0.5) is 4.39 Å². The van der Waals surface area contributed by atoms with E-state index in [0.29, 0.717) is 10.0 Å². The molecule has 1 saturated carbocycles. The first-order valence-electron chi connectivity index (χ1n) is 5.53. The van der Waals surface area contributed by atoms with Gasteiger partial charge in [-0.3, -0.25) is 4.79 Å². The Balaban J connectivity index is 2.56. The van der Waals surface area contributed by atoms with Gasteiger partial charge in [-0.05, 0) is 41.8 Å². The van der Waals surface area contributed by atoms with Crippen LogP contribution in [0, 0.1) is 5.82 Å². The van der Waals surface area contributed by atoms with Crippen molar-refractivity contribution in [3.05, 3.63) is 34.1 Å². The van der Waals surface area contributed by atoms with Gasteiger partial charge in [0, 0.05) is 5.56 Å². The minimum atomic E-state index is -0.576. The predicted octanol–water partition coefficient (Wildman–Crippen LogP) is 3.99. The van der Waals surface area contributed by atoms with Gasteiger partial charge in [-0.15, -0.1) is 0 Å². The van der Waals surface area contributed by atoms with Crippen LogP contribution in [-0.4, -0.2) is 5.78 Å². The fourth-order valence-corrected chi connectivity index (χ4v) is 3.03. The summed E-state index contributed by atoms with van der Waals surface area (Å²) in [5.74, 6) is -0.193. The maximum atomic E-state index is 14.1. The highest BCUT2D eigenvalue weighted by molar-refractivity contribution is 9.10. The quantitative estimate of drug-likeness (QED) is 0.803. The Kier molecular flexibility index (Phi) is 3.15. The van der Waals surface area contributed by atoms with Crippen LogP contribution in [-0.2, 0) is 10.2 Å². The van der Waals surface area contributed by atoms with Crippen LogP contribution in [0.3, 0.4) is 0 Å². The first kappa shape index (κ1) is 11.8. The van der Waals surface area contributed by atoms with E-state index in [4.69, 9.17) is 0 Å². The molecule has 86 valence electrons. The maximum Gasteiger partial charge on any atom is 0.141 e. The van der Waals surface area contributed by atoms with Gasteiger partial charge in [-0.2, -0.15) is 0 Å². The third-order valence-corrected chi connectivity index (χ3v) is 4.21. The molecule has 0 amide bonds. The van der Waals surface area contributed by atoms with Crippen LogP contribution in [0.2, 0.25) is 0 Å². The van der Waals surface area contributed by atoms with Crippen molar-refractivity contribution >= 4 is 21.7 Å². The molecule has 0 saturated heterocycles. The van der Waals surface area contributed by atoms with Crippen LogP contribution in [0.25, 0.3) is 0 Å². The summed E-state index contributed by atoms with van der Waals surface area (Å²) in [7, 11) is 0. The van der Waals surface area contributed by atoms with E-state index < -0.39 is 5.41 Å². The number of halogens is 2. The van der Waals surface area contributed by atoms with Crippen LogP contribution < -0.4 is 0 Å². The zero-order valence-electron chi connectivity index (χ0n) is 9.22. The van der Waals surface area contributed by atoms with Crippen LogP contribution in [0.15, 0.2) is 22.7 Å². The van der Waals surface area contributed by atoms with Gasteiger partial charge < -0.3 is 0 Å². The molecule has 1 aliphatic rings. The van der Waals surface area contributed by atoms with Crippen LogP contribution in [0.5, 0.6) is 0 Å². The van der Waals surface area contributed by atoms with E-state index in [0.717, 1.165) is 25.7 Å². The number of hydrogen-bond donors (Lipinski definition) is 0. The second-order valence-electron chi connectivity index (χ2n) is 4.45. The molecule has 0 radical (unpaired) electrons. The number of carbonyl (C=O) groups is 1. The van der Waals surface area contributed by atoms with E-state index in [1.165, 1.54) is 0 Å². The molecule has 1 aromatic rings. The van der Waals surface area contributed by atoms with Crippen molar-refractivity contribution in [3.8, 4) is 0 Å². The summed E-state index contributed by atoms with van der Waals surface area (Å²) in [6, 6.07) is 5.21. The summed E-state index contributed by atoms with van der Waals surface area (Å²) in [5, 5.41) is 0. The SMILES string of the molecule is CC(=O)C1(c2cccc(Br)c2F)CCCC1. The molecular formula is C13H14BrFO. The molecule has 0 N–H and O–H groups in total. The lowest BCUT2D eigenvalue weighted by atomic mass is 9.75. The van der Waals surface area contributed by atoms with Crippen molar-refractivity contribution in [3.63, 3.8) is 0 Å². The number of Topliss-reactive ketones (excluding diaryl/α,β-unsaturated/α-hetero) is 1. The van der Waals surface area contributed by atoms with E-state index in [1.807, 2.05) is 0 Å². The zero-order valence-corrected chi connectivity index (χ0v) is 10.8. The monoisotopic (exact) mass is 284 g/mol. The Bertz CT molecular complexity index is 422. The smallest absolute Gasteiger partial charge is 0.141 e. The summed E-state index contributed by atoms with van der Waals surface area (Å²) < 4.78 is 14.5. The summed E-state index contributed by atoms with van der Waals surface area (Å²) >= 11 is 3.18. The molecule has 0 heterocycles. The molecule has 2 rings (SSSR count). The van der Waals surface area contributed by atoms with E-state index in [9.17, 15) is 9.18 Å². The molecule has 16 heavy (non-hydrogen) atoms. The number of hydrogen-bond acceptors (Lipinski definition) is 1. The van der Waals surface area contributed by atoms with Crippen molar-refractivity contribution < 1.29 is 9.18 Å². The Morgan fingerprint density at radius 1 is 1.38 bits per heavy atom. The fraction of sp³-hybridized carbons (Fsp3) is 0.462. The van der Waals surface area contributed by atoms with Crippen molar-refractivity contribution in [2.75, 3.05) is 0 Å². The first-order valence-corrected chi connectivity index (χ1v) is 6.33. The van der Waals surface area contributed by atoms with Gasteiger partial charge in [0.05, 0.1) is 9.89 Å². The Hall–Kier alpha value is -0.700. The zero-order chi connectivity index (χ0) is 11.8. The molecule has 0 bridgehead atoms. The van der Waals surface area contributed by atoms with Crippen molar-refractivity contribution in [1.29, 1.82) is 0 Å². The van der Waals surface area contributed by atoms with Crippen LogP contribution >= 0.6 is 15.9 Å². The topological polar surface area (TPSA) is 17.1 Å². The van der Waals surface area contributed by atoms with Crippen LogP contribution in [0.1, 0.15) is 38.2 Å². The largest absolute Gasteiger partial charge is 0.299 e. The lowest BCUT2D eigenvalue weighted by molar-refractivity contribution is -0.122. The highest BCUT2D eigenvalue weighted by Crippen LogP contribution is 2.43. The molecule has 1 aliphatic carbocycles. The van der Waals surface area contributed by atoms with Gasteiger partial charge in [0.2, 0.25) is 0 Å². The average molecular weight is 285 g/mol. The van der Waals surface area contributed by atoms with Gasteiger partial charge in [-0.25, -0.2) is 4.39 Å². The molecule has 0 atom stereocenters. The van der Waals surface area contributed by atoms with E-state index in [2.05, 4.69) is 15.9 Å². The summed E-state index contributed by atoms with van der Waals surface area (Å²) in [6.07, 6.45) is 3.56. The minimum absolute atomic E-state index is 0.0852. The number of rotatable bonds is 2. The highest BCUT2D eigenvalue weighted by atomic mass is 79.9. The minimum Gasteiger partial charge on any atom is -0.299 e. The molecule has 1 fully saturated rings. The van der Waals surface area contributed by atoms with Gasteiger partial charge >= 0.3 is 0 Å². The van der Waals surface area contributed by atoms with E-state index >= 15 is 0 Å². The third-order valence-electron chi connectivity index (χ3n) is 3.60. The molecule has 0 unspecified atom stereocenters. The van der Waals surface area contributed by atoms with Crippen molar-refractivity contribution in [1.82, 2.24) is 0 Å². The lowest BCUT2D eigenvalue weighted by Crippen LogP contribution is -2.31. The van der Waals surface area contributed by atoms with Gasteiger partial charge in [0.15, 0.2) is 0 Å². The predicted molar refractivity (Wildman–Crippen MR) is 64.9 cm³/mol. The molecule has 0 spiro atoms. The van der Waals surface area contributed by atoms with Gasteiger partial charge in [-0.1, -0.05) is 25.0 Å². The summed E-state index contributed by atoms with van der Waals surface area (Å²) in [5.41, 5.74) is -0.0136. The standard InChI is InChI=1S/C13H14BrFO/c1-9(16)13(7-2-3-8-13)10-5-4-6-11(14)12(10)15/h4-6H,2-3,7-8H2,1H3. The normalized spacial score (nSPS) is 18.7. The van der Waals surface area contributed by atoms with Gasteiger partial charge in [0.1, 0.15) is 11.6 Å². The molecular weight excluding hydrogens is 271 g/mol.